The summed E-state index contributed by atoms with van der Waals surface area (Å²) in [6.45, 7) is 4.42. The largest absolute Gasteiger partial charge is 0.385 e. The third-order valence-corrected chi connectivity index (χ3v) is 7.79. The Morgan fingerprint density at radius 2 is 1.51 bits per heavy atom. The molecule has 3 heteroatoms. The summed E-state index contributed by atoms with van der Waals surface area (Å²) in [6, 6.07) is 32.4. The first kappa shape index (κ1) is 20.1. The van der Waals surface area contributed by atoms with Crippen LogP contribution in [0.2, 0.25) is 0 Å². The van der Waals surface area contributed by atoms with E-state index in [0.29, 0.717) is 5.82 Å². The second-order valence-electron chi connectivity index (χ2n) is 9.79. The second kappa shape index (κ2) is 7.20. The maximum absolute atomic E-state index is 6.84. The van der Waals surface area contributed by atoms with Gasteiger partial charge in [-0.25, -0.2) is 0 Å². The summed E-state index contributed by atoms with van der Waals surface area (Å²) in [4.78, 5) is 0. The Kier molecular flexibility index (Phi) is 3.92. The second-order valence-corrected chi connectivity index (χ2v) is 9.79. The zero-order chi connectivity index (χ0) is 24.7. The average Bonchev–Trinajstić information content (AvgIpc) is 3.61. The first-order valence-electron chi connectivity index (χ1n) is 12.4. The molecule has 6 aromatic rings. The van der Waals surface area contributed by atoms with Crippen LogP contribution in [0.15, 0.2) is 104 Å². The van der Waals surface area contributed by atoms with Crippen LogP contribution in [0.3, 0.4) is 0 Å². The molecule has 0 atom stereocenters. The van der Waals surface area contributed by atoms with Gasteiger partial charge in [0.2, 0.25) is 0 Å². The van der Waals surface area contributed by atoms with Gasteiger partial charge in [-0.15, -0.1) is 0 Å². The zero-order valence-corrected chi connectivity index (χ0v) is 20.1. The minimum atomic E-state index is 0.625. The first-order chi connectivity index (χ1) is 18.2. The zero-order valence-electron chi connectivity index (χ0n) is 20.1. The maximum Gasteiger partial charge on any atom is 0.317 e. The van der Waals surface area contributed by atoms with Gasteiger partial charge in [0.1, 0.15) is 11.5 Å². The molecule has 3 nitrogen and oxygen atoms in total. The lowest BCUT2D eigenvalue weighted by Gasteiger charge is -2.11. The van der Waals surface area contributed by atoms with Gasteiger partial charge in [0.15, 0.2) is 0 Å². The molecule has 0 amide bonds. The van der Waals surface area contributed by atoms with Crippen LogP contribution in [0.1, 0.15) is 16.8 Å². The van der Waals surface area contributed by atoms with Crippen LogP contribution in [-0.4, -0.2) is 17.0 Å². The van der Waals surface area contributed by atoms with Gasteiger partial charge in [-0.05, 0) is 61.7 Å². The fourth-order valence-corrected chi connectivity index (χ4v) is 6.12. The predicted octanol–water partition coefficient (Wildman–Crippen LogP) is 6.98. The average molecular weight is 473 g/mol. The number of hydrogen-bond donors (Lipinski definition) is 1. The Bertz CT molecular complexity index is 2090. The molecule has 0 radical (unpaired) electrons. The normalized spacial score (nSPS) is 13.1. The van der Waals surface area contributed by atoms with Crippen molar-refractivity contribution in [3.63, 3.8) is 0 Å². The highest BCUT2D eigenvalue weighted by Crippen LogP contribution is 2.47. The highest BCUT2D eigenvalue weighted by atomic mass is 15.1. The van der Waals surface area contributed by atoms with Crippen molar-refractivity contribution in [2.75, 3.05) is 0 Å². The maximum atomic E-state index is 6.84. The summed E-state index contributed by atoms with van der Waals surface area (Å²) < 4.78 is 6.54. The van der Waals surface area contributed by atoms with Crippen molar-refractivity contribution in [1.82, 2.24) is 9.24 Å². The minimum Gasteiger partial charge on any atom is -0.385 e. The molecule has 0 unspecified atom stereocenters. The van der Waals surface area contributed by atoms with Gasteiger partial charge in [0, 0.05) is 10.8 Å². The standard InChI is InChI=1S/C34H22N3/c1-20(23-13-14-25-26-10-4-7-22-8-5-11-27(33(22)26)29(25)17-23)16-32(35)37-31-19-36-18-30(31)28-15-12-21-6-2-3-9-24(21)34(28)37/h2-19H,1,35H2/q+1/b32-16+. The number of benzene rings is 5. The van der Waals surface area contributed by atoms with Gasteiger partial charge in [-0.1, -0.05) is 96.2 Å². The van der Waals surface area contributed by atoms with E-state index in [0.717, 1.165) is 33.3 Å². The van der Waals surface area contributed by atoms with Gasteiger partial charge in [-0.3, -0.25) is 4.57 Å². The third kappa shape index (κ3) is 2.69. The quantitative estimate of drug-likeness (QED) is 0.219. The molecule has 8 rings (SSSR count). The molecular weight excluding hydrogens is 450 g/mol. The monoisotopic (exact) mass is 472 g/mol. The highest BCUT2D eigenvalue weighted by molar-refractivity contribution is 6.19. The lowest BCUT2D eigenvalue weighted by molar-refractivity contribution is 1.12. The van der Waals surface area contributed by atoms with Crippen molar-refractivity contribution in [2.45, 2.75) is 0 Å². The molecule has 2 heterocycles. The van der Waals surface area contributed by atoms with Crippen molar-refractivity contribution < 1.29 is 0 Å². The van der Waals surface area contributed by atoms with Crippen LogP contribution in [-0.2, 0) is 0 Å². The molecule has 0 saturated carbocycles. The summed E-state index contributed by atoms with van der Waals surface area (Å²) >= 11 is 0. The molecule has 2 aliphatic rings. The summed E-state index contributed by atoms with van der Waals surface area (Å²) in [7, 11) is 0. The topological polar surface area (TPSA) is 45.0 Å². The van der Waals surface area contributed by atoms with Crippen LogP contribution in [0.25, 0.3) is 66.1 Å². The van der Waals surface area contributed by atoms with E-state index in [2.05, 4.69) is 107 Å². The first-order valence-corrected chi connectivity index (χ1v) is 12.4. The van der Waals surface area contributed by atoms with E-state index in [1.807, 2.05) is 18.5 Å². The number of allylic oxidation sites excluding steroid dienone is 2. The van der Waals surface area contributed by atoms with Crippen LogP contribution in [0.4, 0.5) is 0 Å². The fraction of sp³-hybridized carbons (Fsp3) is 0. The van der Waals surface area contributed by atoms with Crippen LogP contribution in [0, 0.1) is 0 Å². The Labute approximate surface area is 213 Å². The molecule has 2 N–H and O–H groups in total. The van der Waals surface area contributed by atoms with Gasteiger partial charge in [0.25, 0.3) is 0 Å². The van der Waals surface area contributed by atoms with E-state index in [-0.39, 0.29) is 0 Å². The molecule has 0 saturated heterocycles. The van der Waals surface area contributed by atoms with E-state index >= 15 is 0 Å². The van der Waals surface area contributed by atoms with E-state index in [4.69, 9.17) is 5.73 Å². The van der Waals surface area contributed by atoms with E-state index in [1.165, 1.54) is 43.8 Å². The summed E-state index contributed by atoms with van der Waals surface area (Å²) in [6.07, 6.45) is 5.79. The molecule has 0 bridgehead atoms. The molecule has 1 aliphatic heterocycles. The van der Waals surface area contributed by atoms with E-state index in [9.17, 15) is 0 Å². The number of nitrogens with zero attached hydrogens (tertiary/aromatic N) is 2. The molecular formula is C34H22N3+. The lowest BCUT2D eigenvalue weighted by Crippen LogP contribution is -2.10. The molecule has 172 valence electrons. The summed E-state index contributed by atoms with van der Waals surface area (Å²) in [5.74, 6) is 0.625. The van der Waals surface area contributed by atoms with Crippen molar-refractivity contribution in [3.05, 3.63) is 120 Å². The Morgan fingerprint density at radius 1 is 0.730 bits per heavy atom. The predicted molar refractivity (Wildman–Crippen MR) is 158 cm³/mol. The SMILES string of the molecule is C=C(/C=C(\N)n1c2c(c3ccc4ccccc4c31)C=[N+]=C2)c1ccc2c(c1)-c1cccc3cccc-2c13. The minimum absolute atomic E-state index is 0.625. The number of nitrogens with two attached hydrogens (primary N) is 1. The van der Waals surface area contributed by atoms with E-state index in [1.54, 1.807) is 0 Å². The molecule has 1 aliphatic carbocycles. The Balaban J connectivity index is 1.27. The van der Waals surface area contributed by atoms with E-state index < -0.39 is 0 Å². The molecule has 0 fully saturated rings. The van der Waals surface area contributed by atoms with Gasteiger partial charge in [-0.2, -0.15) is 0 Å². The van der Waals surface area contributed by atoms with Gasteiger partial charge >= 0.3 is 12.4 Å². The van der Waals surface area contributed by atoms with Gasteiger partial charge < -0.3 is 5.73 Å². The lowest BCUT2D eigenvalue weighted by atomic mass is 9.98. The van der Waals surface area contributed by atoms with Gasteiger partial charge in [0.05, 0.1) is 11.1 Å². The van der Waals surface area contributed by atoms with Crippen LogP contribution < -0.4 is 10.4 Å². The third-order valence-electron chi connectivity index (χ3n) is 7.79. The molecule has 1 aromatic heterocycles. The molecule has 5 aromatic carbocycles. The Hall–Kier alpha value is -5.11. The number of aromatic nitrogens is 1. The van der Waals surface area contributed by atoms with Crippen molar-refractivity contribution in [2.24, 2.45) is 5.73 Å². The van der Waals surface area contributed by atoms with Crippen LogP contribution >= 0.6 is 0 Å². The summed E-state index contributed by atoms with van der Waals surface area (Å²) in [5, 5.41) is 6.10. The summed E-state index contributed by atoms with van der Waals surface area (Å²) in [5.41, 5.74) is 17.1. The van der Waals surface area contributed by atoms with Crippen molar-refractivity contribution >= 4 is 56.3 Å². The van der Waals surface area contributed by atoms with Crippen molar-refractivity contribution in [1.29, 1.82) is 0 Å². The van der Waals surface area contributed by atoms with Crippen LogP contribution in [0.5, 0.6) is 0 Å². The molecule has 0 spiro atoms. The molecule has 37 heavy (non-hydrogen) atoms. The highest BCUT2D eigenvalue weighted by Gasteiger charge is 2.26. The smallest absolute Gasteiger partial charge is 0.317 e. The number of fused-ring (bicyclic) bond motifs is 8. The van der Waals surface area contributed by atoms with Crippen molar-refractivity contribution in [3.8, 4) is 22.3 Å². The fourth-order valence-electron chi connectivity index (χ4n) is 6.12. The number of rotatable bonds is 3. The Morgan fingerprint density at radius 3 is 2.38 bits per heavy atom. The number of hydrogen-bond acceptors (Lipinski definition) is 1.